The first-order valence-corrected chi connectivity index (χ1v) is 14.2. The summed E-state index contributed by atoms with van der Waals surface area (Å²) in [5.41, 5.74) is 9.94. The molecule has 0 bridgehead atoms. The van der Waals surface area contributed by atoms with Crippen molar-refractivity contribution in [3.8, 4) is 0 Å². The smallest absolute Gasteiger partial charge is 0.332 e. The quantitative estimate of drug-likeness (QED) is 0.147. The van der Waals surface area contributed by atoms with Gasteiger partial charge in [0.15, 0.2) is 11.2 Å². The number of nitrogen functional groups attached to an aromatic ring is 1. The van der Waals surface area contributed by atoms with E-state index in [1.54, 1.807) is 10.6 Å². The number of aliphatic hydroxyl groups is 1. The molecule has 0 saturated heterocycles. The Kier molecular flexibility index (Phi) is 10.1. The number of unbranched alkanes of at least 4 members (excludes halogenated alkanes) is 2. The number of hydrogen-bond acceptors (Lipinski definition) is 8. The Morgan fingerprint density at radius 2 is 1.82 bits per heavy atom. The molecule has 4 N–H and O–H groups in total. The van der Waals surface area contributed by atoms with Crippen molar-refractivity contribution in [2.75, 3.05) is 32.0 Å². The molecule has 0 spiro atoms. The van der Waals surface area contributed by atoms with Crippen molar-refractivity contribution in [1.82, 2.24) is 34.2 Å². The van der Waals surface area contributed by atoms with Crippen molar-refractivity contribution in [2.24, 2.45) is 0 Å². The number of halogens is 1. The van der Waals surface area contributed by atoms with Gasteiger partial charge in [0.2, 0.25) is 0 Å². The van der Waals surface area contributed by atoms with Crippen LogP contribution >= 0.6 is 0 Å². The van der Waals surface area contributed by atoms with E-state index in [2.05, 4.69) is 17.2 Å². The highest BCUT2D eigenvalue weighted by atomic mass is 19.2. The number of rotatable bonds is 15. The van der Waals surface area contributed by atoms with Crippen LogP contribution in [-0.2, 0) is 32.5 Å². The largest absolute Gasteiger partial charge is 0.399 e. The van der Waals surface area contributed by atoms with Gasteiger partial charge >= 0.3 is 5.69 Å². The normalized spacial score (nSPS) is 15.5. The number of nitrogens with two attached hydrogens (primary N) is 1. The van der Waals surface area contributed by atoms with Crippen molar-refractivity contribution in [2.45, 2.75) is 71.6 Å². The lowest BCUT2D eigenvalue weighted by atomic mass is 10.1. The van der Waals surface area contributed by atoms with E-state index in [0.717, 1.165) is 24.9 Å². The van der Waals surface area contributed by atoms with Gasteiger partial charge in [-0.05, 0) is 43.2 Å². The van der Waals surface area contributed by atoms with Gasteiger partial charge in [0.1, 0.15) is 5.82 Å². The summed E-state index contributed by atoms with van der Waals surface area (Å²) < 4.78 is 19.1. The van der Waals surface area contributed by atoms with Crippen LogP contribution in [0, 0.1) is 0 Å². The lowest BCUT2D eigenvalue weighted by Crippen LogP contribution is -2.41. The molecule has 0 fully saturated rings. The number of nitrogens with zero attached hydrogens (tertiary/aromatic N) is 6. The first-order valence-electron chi connectivity index (χ1n) is 14.2. The van der Waals surface area contributed by atoms with Gasteiger partial charge in [-0.15, -0.1) is 4.48 Å². The van der Waals surface area contributed by atoms with Crippen LogP contribution in [0.2, 0.25) is 0 Å². The first-order chi connectivity index (χ1) is 19.4. The van der Waals surface area contributed by atoms with Crippen molar-refractivity contribution in [3.05, 3.63) is 68.8 Å². The summed E-state index contributed by atoms with van der Waals surface area (Å²) in [5, 5.41) is 9.97. The van der Waals surface area contributed by atoms with E-state index in [1.807, 2.05) is 35.8 Å². The van der Waals surface area contributed by atoms with Crippen LogP contribution < -0.4 is 22.4 Å². The molecule has 0 amide bonds. The Bertz CT molecular complexity index is 1410. The third kappa shape index (κ3) is 6.62. The fourth-order valence-corrected chi connectivity index (χ4v) is 5.12. The predicted octanol–water partition coefficient (Wildman–Crippen LogP) is 1.82. The molecule has 1 aromatic carbocycles. The zero-order valence-electron chi connectivity index (χ0n) is 23.4. The van der Waals surface area contributed by atoms with Gasteiger partial charge in [-0.25, -0.2) is 9.78 Å². The van der Waals surface area contributed by atoms with E-state index in [9.17, 15) is 19.2 Å². The number of aromatic nitrogens is 4. The number of hydrogen-bond donors (Lipinski definition) is 3. The summed E-state index contributed by atoms with van der Waals surface area (Å²) in [5.74, 6) is 0.528. The molecule has 3 heterocycles. The molecule has 3 aromatic rings. The minimum absolute atomic E-state index is 0.0234. The Balaban J connectivity index is 1.83. The van der Waals surface area contributed by atoms with Gasteiger partial charge in [-0.1, -0.05) is 44.1 Å². The molecule has 1 atom stereocenters. The highest BCUT2D eigenvalue weighted by molar-refractivity contribution is 5.71. The van der Waals surface area contributed by atoms with Gasteiger partial charge in [0.25, 0.3) is 5.56 Å². The van der Waals surface area contributed by atoms with Gasteiger partial charge in [-0.2, -0.15) is 0 Å². The second-order valence-electron chi connectivity index (χ2n) is 10.2. The summed E-state index contributed by atoms with van der Waals surface area (Å²) in [6.07, 6.45) is 6.57. The highest BCUT2D eigenvalue weighted by Crippen LogP contribution is 2.18. The monoisotopic (exact) mass is 556 g/mol. The molecule has 0 aliphatic carbocycles. The summed E-state index contributed by atoms with van der Waals surface area (Å²) in [6, 6.07) is 6.90. The van der Waals surface area contributed by atoms with Crippen LogP contribution in [0.25, 0.3) is 11.2 Å². The van der Waals surface area contributed by atoms with Crippen molar-refractivity contribution >= 4 is 16.9 Å². The van der Waals surface area contributed by atoms with Crippen molar-refractivity contribution in [3.63, 3.8) is 0 Å². The number of imidazole rings is 1. The predicted molar refractivity (Wildman–Crippen MR) is 154 cm³/mol. The number of aliphatic hydroxyl groups excluding tert-OH is 1. The molecule has 4 rings (SSSR count). The molecule has 12 heteroatoms. The van der Waals surface area contributed by atoms with E-state index in [1.165, 1.54) is 10.8 Å². The van der Waals surface area contributed by atoms with Crippen LogP contribution in [0.3, 0.4) is 0 Å². The van der Waals surface area contributed by atoms with E-state index < -0.39 is 6.04 Å². The zero-order chi connectivity index (χ0) is 28.6. The lowest BCUT2D eigenvalue weighted by molar-refractivity contribution is -0.0303. The van der Waals surface area contributed by atoms with E-state index >= 15 is 0 Å². The molecule has 0 saturated carbocycles. The second kappa shape index (κ2) is 13.7. The van der Waals surface area contributed by atoms with Crippen LogP contribution in [0.1, 0.15) is 44.5 Å². The molecule has 1 unspecified atom stereocenters. The van der Waals surface area contributed by atoms with Gasteiger partial charge in [-0.3, -0.25) is 24.3 Å². The van der Waals surface area contributed by atoms with Crippen LogP contribution in [-0.4, -0.2) is 66.2 Å². The van der Waals surface area contributed by atoms with Crippen LogP contribution in [0.5, 0.6) is 0 Å². The molecule has 0 radical (unpaired) electrons. The number of hydrazine groups is 1. The maximum atomic E-state index is 14.4. The Hall–Kier alpha value is -3.48. The number of likely N-dealkylation sites (N-methyl/N-ethyl adjacent to an activating group) is 1. The van der Waals surface area contributed by atoms with E-state index in [-0.39, 0.29) is 24.3 Å². The van der Waals surface area contributed by atoms with Crippen molar-refractivity contribution < 1.29 is 9.59 Å². The second-order valence-corrected chi connectivity index (χ2v) is 10.2. The maximum absolute atomic E-state index is 14.4. The topological polar surface area (TPSA) is 127 Å². The number of anilines is 1. The molecular formula is C28H41FN8O3. The molecular weight excluding hydrogens is 515 g/mol. The summed E-state index contributed by atoms with van der Waals surface area (Å²) in [6.45, 7) is 6.96. The molecule has 11 nitrogen and oxygen atoms in total. The molecule has 218 valence electrons. The van der Waals surface area contributed by atoms with Crippen LogP contribution in [0.15, 0.2) is 46.1 Å². The summed E-state index contributed by atoms with van der Waals surface area (Å²) >= 11 is 0. The van der Waals surface area contributed by atoms with E-state index in [0.29, 0.717) is 73.5 Å². The minimum atomic E-state index is -0.600. The molecule has 1 aliphatic heterocycles. The zero-order valence-corrected chi connectivity index (χ0v) is 23.4. The Labute approximate surface area is 233 Å². The maximum Gasteiger partial charge on any atom is 0.332 e. The molecule has 2 aromatic heterocycles. The number of fused-ring (bicyclic) bond motifs is 1. The Morgan fingerprint density at radius 1 is 1.05 bits per heavy atom. The number of nitrogens with one attached hydrogen (secondary N) is 1. The van der Waals surface area contributed by atoms with E-state index in [4.69, 9.17) is 10.7 Å². The lowest BCUT2D eigenvalue weighted by Gasteiger charge is -2.21. The van der Waals surface area contributed by atoms with Gasteiger partial charge < -0.3 is 15.4 Å². The fourth-order valence-electron chi connectivity index (χ4n) is 5.12. The number of benzene rings is 1. The SMILES string of the molecule is CCCCCn1c(=O)c2c(nc(CC3C=CNN3F)n2CCN(CC)CCO)n(CCc2ccc(N)cc2)c1=O. The average Bonchev–Trinajstić information content (AvgIpc) is 3.52. The summed E-state index contributed by atoms with van der Waals surface area (Å²) in [4.78, 5) is 34.5. The highest BCUT2D eigenvalue weighted by Gasteiger charge is 2.26. The standard InChI is InChI=1S/C28H41FN8O3/c1-3-5-6-14-36-27(39)25-26(35(28(36)40)15-12-21-7-9-22(30)10-8-21)32-24(20-23-11-13-31-37(23)29)34(25)17-16-33(4-2)18-19-38/h7-11,13,23,31,38H,3-6,12,14-20,30H2,1-2H3. The van der Waals surface area contributed by atoms with Crippen LogP contribution in [0.4, 0.5) is 10.2 Å². The third-order valence-corrected chi connectivity index (χ3v) is 7.48. The number of aryl methyl sites for hydroxylation is 2. The first kappa shape index (κ1) is 29.5. The Morgan fingerprint density at radius 3 is 2.48 bits per heavy atom. The van der Waals surface area contributed by atoms with Crippen molar-refractivity contribution in [1.29, 1.82) is 0 Å². The molecule has 1 aliphatic rings. The summed E-state index contributed by atoms with van der Waals surface area (Å²) in [7, 11) is 0. The third-order valence-electron chi connectivity index (χ3n) is 7.48. The minimum Gasteiger partial charge on any atom is -0.399 e. The average molecular weight is 557 g/mol. The van der Waals surface area contributed by atoms with Gasteiger partial charge in [0, 0.05) is 51.0 Å². The fraction of sp³-hybridized carbons (Fsp3) is 0.536. The molecule has 40 heavy (non-hydrogen) atoms. The van der Waals surface area contributed by atoms with Gasteiger partial charge in [0.05, 0.1) is 12.6 Å².